The molecule has 0 spiro atoms. The molecule has 0 aromatic carbocycles. The average Bonchev–Trinajstić information content (AvgIpc) is 2.19. The number of aromatic nitrogens is 2. The molecule has 0 saturated carbocycles. The number of sulfone groups is 1. The molecule has 0 fully saturated rings. The van der Waals surface area contributed by atoms with Crippen molar-refractivity contribution in [3.63, 3.8) is 0 Å². The highest BCUT2D eigenvalue weighted by molar-refractivity contribution is 7.90. The summed E-state index contributed by atoms with van der Waals surface area (Å²) < 4.78 is 36.4. The average molecular weight is 310 g/mol. The zero-order valence-corrected chi connectivity index (χ0v) is 12.8. The zero-order chi connectivity index (χ0) is 14.8. The monoisotopic (exact) mass is 309 g/mol. The summed E-state index contributed by atoms with van der Waals surface area (Å²) in [7, 11) is -3.21. The molecule has 0 aliphatic carbocycles. The lowest BCUT2D eigenvalue weighted by atomic mass is 9.88. The van der Waals surface area contributed by atoms with Crippen LogP contribution in [-0.2, 0) is 9.84 Å². The molecule has 0 amide bonds. The Morgan fingerprint density at radius 1 is 1.47 bits per heavy atom. The van der Waals surface area contributed by atoms with E-state index in [0.717, 1.165) is 12.5 Å². The van der Waals surface area contributed by atoms with Crippen LogP contribution in [0.5, 0.6) is 0 Å². The number of nitrogens with zero attached hydrogens (tertiary/aromatic N) is 2. The molecular formula is C11H17ClFN3O2S. The molecule has 0 bridgehead atoms. The largest absolute Gasteiger partial charge is 0.363 e. The van der Waals surface area contributed by atoms with Crippen LogP contribution in [0.2, 0.25) is 5.28 Å². The number of rotatable bonds is 4. The summed E-state index contributed by atoms with van der Waals surface area (Å²) in [5.41, 5.74) is -0.396. The van der Waals surface area contributed by atoms with Gasteiger partial charge < -0.3 is 5.32 Å². The molecule has 1 rings (SSSR count). The van der Waals surface area contributed by atoms with E-state index in [1.54, 1.807) is 0 Å². The van der Waals surface area contributed by atoms with Gasteiger partial charge in [-0.05, 0) is 17.0 Å². The molecule has 1 N–H and O–H groups in total. The highest BCUT2D eigenvalue weighted by atomic mass is 35.5. The van der Waals surface area contributed by atoms with E-state index in [0.29, 0.717) is 0 Å². The Kier molecular flexibility index (Phi) is 4.73. The molecule has 1 aromatic heterocycles. The van der Waals surface area contributed by atoms with Crippen LogP contribution in [-0.4, -0.2) is 36.4 Å². The van der Waals surface area contributed by atoms with Gasteiger partial charge in [-0.3, -0.25) is 0 Å². The van der Waals surface area contributed by atoms with Gasteiger partial charge in [0.1, 0.15) is 9.84 Å². The van der Waals surface area contributed by atoms with Crippen LogP contribution in [0.25, 0.3) is 0 Å². The Morgan fingerprint density at radius 2 is 2.05 bits per heavy atom. The van der Waals surface area contributed by atoms with E-state index < -0.39 is 27.1 Å². The SMILES string of the molecule is CC(C)(C)C(CS(C)(=O)=O)Nc1nc(Cl)ncc1F. The summed E-state index contributed by atoms with van der Waals surface area (Å²) in [5, 5.41) is 2.69. The fourth-order valence-electron chi connectivity index (χ4n) is 1.42. The third kappa shape index (κ3) is 5.28. The van der Waals surface area contributed by atoms with Crippen LogP contribution in [0, 0.1) is 11.2 Å². The normalized spacial score (nSPS) is 14.2. The lowest BCUT2D eigenvalue weighted by Crippen LogP contribution is -2.40. The number of hydrogen-bond acceptors (Lipinski definition) is 5. The molecule has 19 heavy (non-hydrogen) atoms. The maximum absolute atomic E-state index is 13.6. The highest BCUT2D eigenvalue weighted by Crippen LogP contribution is 2.25. The van der Waals surface area contributed by atoms with Gasteiger partial charge >= 0.3 is 0 Å². The van der Waals surface area contributed by atoms with E-state index in [2.05, 4.69) is 15.3 Å². The minimum absolute atomic E-state index is 0.0939. The van der Waals surface area contributed by atoms with Crippen LogP contribution >= 0.6 is 11.6 Å². The number of anilines is 1. The molecule has 1 heterocycles. The maximum Gasteiger partial charge on any atom is 0.224 e. The molecule has 0 aliphatic heterocycles. The van der Waals surface area contributed by atoms with Gasteiger partial charge in [-0.15, -0.1) is 0 Å². The topological polar surface area (TPSA) is 72.0 Å². The van der Waals surface area contributed by atoms with Gasteiger partial charge in [0.05, 0.1) is 11.9 Å². The molecular weight excluding hydrogens is 293 g/mol. The summed E-state index contributed by atoms with van der Waals surface area (Å²) in [6.07, 6.45) is 2.08. The van der Waals surface area contributed by atoms with Gasteiger partial charge in [-0.25, -0.2) is 17.8 Å². The molecule has 0 saturated heterocycles. The summed E-state index contributed by atoms with van der Waals surface area (Å²) in [6.45, 7) is 5.57. The number of hydrogen-bond donors (Lipinski definition) is 1. The molecule has 0 radical (unpaired) electrons. The van der Waals surface area contributed by atoms with Crippen molar-refractivity contribution in [2.75, 3.05) is 17.3 Å². The van der Waals surface area contributed by atoms with Crippen molar-refractivity contribution in [1.82, 2.24) is 9.97 Å². The third-order valence-corrected chi connectivity index (χ3v) is 3.66. The Morgan fingerprint density at radius 3 is 2.53 bits per heavy atom. The Bertz CT molecular complexity index is 558. The second-order valence-electron chi connectivity index (χ2n) is 5.49. The van der Waals surface area contributed by atoms with Crippen LogP contribution in [0.4, 0.5) is 10.2 Å². The summed E-state index contributed by atoms with van der Waals surface area (Å²) in [5.74, 6) is -0.895. The first-order valence-electron chi connectivity index (χ1n) is 5.61. The van der Waals surface area contributed by atoms with Crippen molar-refractivity contribution in [3.05, 3.63) is 17.3 Å². The summed E-state index contributed by atoms with van der Waals surface area (Å²) in [4.78, 5) is 7.23. The molecule has 5 nitrogen and oxygen atoms in total. The molecule has 8 heteroatoms. The Labute approximate surface area is 117 Å². The van der Waals surface area contributed by atoms with E-state index in [-0.39, 0.29) is 16.9 Å². The van der Waals surface area contributed by atoms with Gasteiger partial charge in [-0.2, -0.15) is 4.98 Å². The van der Waals surface area contributed by atoms with Gasteiger partial charge in [0, 0.05) is 12.3 Å². The molecule has 108 valence electrons. The minimum atomic E-state index is -3.21. The van der Waals surface area contributed by atoms with Crippen molar-refractivity contribution < 1.29 is 12.8 Å². The summed E-state index contributed by atoms with van der Waals surface area (Å²) in [6, 6.07) is -0.497. The Hall–Kier alpha value is -0.950. The first kappa shape index (κ1) is 16.1. The molecule has 0 aliphatic rings. The maximum atomic E-state index is 13.6. The van der Waals surface area contributed by atoms with Crippen molar-refractivity contribution >= 4 is 27.3 Å². The van der Waals surface area contributed by atoms with E-state index in [4.69, 9.17) is 11.6 Å². The predicted octanol–water partition coefficient (Wildman–Crippen LogP) is 2.14. The standard InChI is InChI=1S/C11H17ClFN3O2S/c1-11(2,3)8(6-19(4,17)18)15-9-7(13)5-14-10(12)16-9/h5,8H,6H2,1-4H3,(H,14,15,16). The zero-order valence-electron chi connectivity index (χ0n) is 11.2. The third-order valence-electron chi connectivity index (χ3n) is 2.54. The number of nitrogens with one attached hydrogen (secondary N) is 1. The fraction of sp³-hybridized carbons (Fsp3) is 0.636. The highest BCUT2D eigenvalue weighted by Gasteiger charge is 2.29. The van der Waals surface area contributed by atoms with Gasteiger partial charge in [0.25, 0.3) is 0 Å². The number of halogens is 2. The van der Waals surface area contributed by atoms with Gasteiger partial charge in [0.2, 0.25) is 5.28 Å². The van der Waals surface area contributed by atoms with E-state index in [9.17, 15) is 12.8 Å². The predicted molar refractivity (Wildman–Crippen MR) is 73.6 cm³/mol. The quantitative estimate of drug-likeness (QED) is 0.863. The lowest BCUT2D eigenvalue weighted by molar-refractivity contribution is 0.358. The van der Waals surface area contributed by atoms with E-state index in [1.807, 2.05) is 20.8 Å². The minimum Gasteiger partial charge on any atom is -0.363 e. The lowest BCUT2D eigenvalue weighted by Gasteiger charge is -2.31. The van der Waals surface area contributed by atoms with Crippen molar-refractivity contribution in [3.8, 4) is 0 Å². The molecule has 1 unspecified atom stereocenters. The van der Waals surface area contributed by atoms with Gasteiger partial charge in [0.15, 0.2) is 11.6 Å². The van der Waals surface area contributed by atoms with Crippen molar-refractivity contribution in [1.29, 1.82) is 0 Å². The van der Waals surface area contributed by atoms with E-state index >= 15 is 0 Å². The fourth-order valence-corrected chi connectivity index (χ4v) is 2.74. The second-order valence-corrected chi connectivity index (χ2v) is 8.01. The second kappa shape index (κ2) is 5.58. The van der Waals surface area contributed by atoms with Crippen LogP contribution in [0.15, 0.2) is 6.20 Å². The first-order valence-corrected chi connectivity index (χ1v) is 8.05. The smallest absolute Gasteiger partial charge is 0.224 e. The summed E-state index contributed by atoms with van der Waals surface area (Å²) >= 11 is 5.60. The molecule has 1 atom stereocenters. The van der Waals surface area contributed by atoms with Crippen LogP contribution in [0.1, 0.15) is 20.8 Å². The van der Waals surface area contributed by atoms with Crippen LogP contribution in [0.3, 0.4) is 0 Å². The van der Waals surface area contributed by atoms with Crippen LogP contribution < -0.4 is 5.32 Å². The molecule has 1 aromatic rings. The first-order chi connectivity index (χ1) is 8.49. The Balaban J connectivity index is 3.04. The van der Waals surface area contributed by atoms with Crippen molar-refractivity contribution in [2.45, 2.75) is 26.8 Å². The van der Waals surface area contributed by atoms with E-state index in [1.165, 1.54) is 0 Å². The van der Waals surface area contributed by atoms with Gasteiger partial charge in [-0.1, -0.05) is 20.8 Å². The van der Waals surface area contributed by atoms with Crippen molar-refractivity contribution in [2.24, 2.45) is 5.41 Å².